The maximum absolute atomic E-state index is 13.4. The third-order valence-corrected chi connectivity index (χ3v) is 2.95. The quantitative estimate of drug-likeness (QED) is 0.887. The van der Waals surface area contributed by atoms with Crippen molar-refractivity contribution in [2.45, 2.75) is 26.3 Å². The van der Waals surface area contributed by atoms with Gasteiger partial charge in [-0.05, 0) is 37.0 Å². The lowest BCUT2D eigenvalue weighted by atomic mass is 9.95. The smallest absolute Gasteiger partial charge is 0.127 e. The minimum absolute atomic E-state index is 0.0954. The summed E-state index contributed by atoms with van der Waals surface area (Å²) in [7, 11) is 0. The molecular formula is C11H15BrFN. The Morgan fingerprint density at radius 3 is 2.57 bits per heavy atom. The second-order valence-corrected chi connectivity index (χ2v) is 4.69. The second kappa shape index (κ2) is 4.89. The first kappa shape index (κ1) is 11.7. The Hall–Kier alpha value is -0.410. The van der Waals surface area contributed by atoms with Crippen LogP contribution < -0.4 is 5.73 Å². The lowest BCUT2D eigenvalue weighted by Gasteiger charge is -2.15. The Labute approximate surface area is 92.6 Å². The van der Waals surface area contributed by atoms with E-state index in [-0.39, 0.29) is 11.9 Å². The summed E-state index contributed by atoms with van der Waals surface area (Å²) in [4.78, 5) is 0. The molecule has 1 nitrogen and oxygen atoms in total. The van der Waals surface area contributed by atoms with Crippen molar-refractivity contribution in [2.75, 3.05) is 0 Å². The van der Waals surface area contributed by atoms with Gasteiger partial charge in [-0.1, -0.05) is 28.9 Å². The number of rotatable bonds is 3. The fourth-order valence-electron chi connectivity index (χ4n) is 1.22. The summed E-state index contributed by atoms with van der Waals surface area (Å²) >= 11 is 3.23. The van der Waals surface area contributed by atoms with Crippen molar-refractivity contribution in [3.63, 3.8) is 0 Å². The van der Waals surface area contributed by atoms with Gasteiger partial charge in [0.25, 0.3) is 0 Å². The van der Waals surface area contributed by atoms with Gasteiger partial charge in [-0.2, -0.15) is 0 Å². The zero-order valence-electron chi connectivity index (χ0n) is 8.43. The minimum atomic E-state index is -0.160. The molecule has 3 heteroatoms. The van der Waals surface area contributed by atoms with Crippen LogP contribution in [0.1, 0.15) is 19.4 Å². The zero-order chi connectivity index (χ0) is 10.7. The van der Waals surface area contributed by atoms with Gasteiger partial charge in [-0.25, -0.2) is 4.39 Å². The standard InChI is InChI=1S/C11H15BrFN/c1-7(8(2)14)5-9-3-4-10(12)6-11(9)13/h3-4,6-8H,5,14H2,1-2H3. The number of benzene rings is 1. The van der Waals surface area contributed by atoms with Crippen molar-refractivity contribution >= 4 is 15.9 Å². The van der Waals surface area contributed by atoms with Crippen LogP contribution in [0.15, 0.2) is 22.7 Å². The van der Waals surface area contributed by atoms with Gasteiger partial charge in [-0.15, -0.1) is 0 Å². The summed E-state index contributed by atoms with van der Waals surface area (Å²) < 4.78 is 14.2. The van der Waals surface area contributed by atoms with Gasteiger partial charge in [0.2, 0.25) is 0 Å². The number of hydrogen-bond acceptors (Lipinski definition) is 1. The van der Waals surface area contributed by atoms with Gasteiger partial charge in [-0.3, -0.25) is 0 Å². The fourth-order valence-corrected chi connectivity index (χ4v) is 1.55. The monoisotopic (exact) mass is 259 g/mol. The van der Waals surface area contributed by atoms with Gasteiger partial charge in [0, 0.05) is 10.5 Å². The van der Waals surface area contributed by atoms with Crippen LogP contribution in [0.3, 0.4) is 0 Å². The molecule has 0 saturated carbocycles. The zero-order valence-corrected chi connectivity index (χ0v) is 10.0. The molecule has 0 heterocycles. The maximum atomic E-state index is 13.4. The predicted octanol–water partition coefficient (Wildman–Crippen LogP) is 3.11. The third-order valence-electron chi connectivity index (χ3n) is 2.45. The van der Waals surface area contributed by atoms with Crippen molar-refractivity contribution < 1.29 is 4.39 Å². The summed E-state index contributed by atoms with van der Waals surface area (Å²) in [6.45, 7) is 3.98. The molecule has 1 aromatic carbocycles. The van der Waals surface area contributed by atoms with Gasteiger partial charge >= 0.3 is 0 Å². The normalized spacial score (nSPS) is 15.2. The largest absolute Gasteiger partial charge is 0.328 e. The topological polar surface area (TPSA) is 26.0 Å². The van der Waals surface area contributed by atoms with Crippen LogP contribution in [0.2, 0.25) is 0 Å². The summed E-state index contributed by atoms with van der Waals surface area (Å²) in [6.07, 6.45) is 0.691. The summed E-state index contributed by atoms with van der Waals surface area (Å²) in [5.41, 5.74) is 6.47. The fraction of sp³-hybridized carbons (Fsp3) is 0.455. The van der Waals surface area contributed by atoms with Crippen LogP contribution in [0.5, 0.6) is 0 Å². The Bertz CT molecular complexity index is 312. The summed E-state index contributed by atoms with van der Waals surface area (Å²) in [5, 5.41) is 0. The molecule has 0 fully saturated rings. The molecule has 0 aromatic heterocycles. The van der Waals surface area contributed by atoms with E-state index in [4.69, 9.17) is 5.73 Å². The van der Waals surface area contributed by atoms with Crippen LogP contribution >= 0.6 is 15.9 Å². The van der Waals surface area contributed by atoms with Crippen LogP contribution in [0.25, 0.3) is 0 Å². The molecule has 2 atom stereocenters. The molecule has 0 bridgehead atoms. The summed E-state index contributed by atoms with van der Waals surface area (Å²) in [5.74, 6) is 0.137. The molecule has 0 aliphatic rings. The van der Waals surface area contributed by atoms with Crippen LogP contribution in [0, 0.1) is 11.7 Å². The maximum Gasteiger partial charge on any atom is 0.127 e. The molecule has 0 spiro atoms. The molecule has 0 amide bonds. The molecule has 14 heavy (non-hydrogen) atoms. The van der Waals surface area contributed by atoms with E-state index in [1.807, 2.05) is 19.9 Å². The van der Waals surface area contributed by atoms with Crippen LogP contribution in [0.4, 0.5) is 4.39 Å². The molecule has 78 valence electrons. The first-order valence-electron chi connectivity index (χ1n) is 4.70. The van der Waals surface area contributed by atoms with E-state index in [2.05, 4.69) is 15.9 Å². The van der Waals surface area contributed by atoms with E-state index in [1.165, 1.54) is 6.07 Å². The van der Waals surface area contributed by atoms with E-state index < -0.39 is 0 Å². The highest BCUT2D eigenvalue weighted by molar-refractivity contribution is 9.10. The van der Waals surface area contributed by atoms with E-state index in [0.717, 1.165) is 10.0 Å². The molecule has 0 saturated heterocycles. The Morgan fingerprint density at radius 1 is 1.43 bits per heavy atom. The highest BCUT2D eigenvalue weighted by atomic mass is 79.9. The van der Waals surface area contributed by atoms with Crippen molar-refractivity contribution in [3.05, 3.63) is 34.1 Å². The predicted molar refractivity (Wildman–Crippen MR) is 60.6 cm³/mol. The van der Waals surface area contributed by atoms with Crippen molar-refractivity contribution in [1.82, 2.24) is 0 Å². The Balaban J connectivity index is 2.77. The molecule has 0 aliphatic heterocycles. The molecule has 0 aliphatic carbocycles. The highest BCUT2D eigenvalue weighted by Crippen LogP contribution is 2.18. The molecular weight excluding hydrogens is 245 g/mol. The average molecular weight is 260 g/mol. The van der Waals surface area contributed by atoms with Crippen molar-refractivity contribution in [3.8, 4) is 0 Å². The van der Waals surface area contributed by atoms with Gasteiger partial charge in [0.1, 0.15) is 5.82 Å². The van der Waals surface area contributed by atoms with Gasteiger partial charge in [0.15, 0.2) is 0 Å². The van der Waals surface area contributed by atoms with Crippen LogP contribution in [-0.2, 0) is 6.42 Å². The first-order valence-corrected chi connectivity index (χ1v) is 5.49. The molecule has 1 rings (SSSR count). The number of hydrogen-bond donors (Lipinski definition) is 1. The van der Waals surface area contributed by atoms with Gasteiger partial charge < -0.3 is 5.73 Å². The average Bonchev–Trinajstić information content (AvgIpc) is 2.09. The lowest BCUT2D eigenvalue weighted by molar-refractivity contribution is 0.469. The number of halogens is 2. The molecule has 2 N–H and O–H groups in total. The van der Waals surface area contributed by atoms with E-state index in [1.54, 1.807) is 6.07 Å². The SMILES string of the molecule is CC(N)C(C)Cc1ccc(Br)cc1F. The Morgan fingerprint density at radius 2 is 2.07 bits per heavy atom. The molecule has 0 radical (unpaired) electrons. The minimum Gasteiger partial charge on any atom is -0.328 e. The van der Waals surface area contributed by atoms with Crippen molar-refractivity contribution in [2.24, 2.45) is 11.7 Å². The highest BCUT2D eigenvalue weighted by Gasteiger charge is 2.11. The number of nitrogens with two attached hydrogens (primary N) is 1. The second-order valence-electron chi connectivity index (χ2n) is 3.78. The third kappa shape index (κ3) is 3.07. The van der Waals surface area contributed by atoms with E-state index in [0.29, 0.717) is 12.3 Å². The molecule has 2 unspecified atom stereocenters. The van der Waals surface area contributed by atoms with Crippen LogP contribution in [-0.4, -0.2) is 6.04 Å². The van der Waals surface area contributed by atoms with E-state index in [9.17, 15) is 4.39 Å². The van der Waals surface area contributed by atoms with Gasteiger partial charge in [0.05, 0.1) is 0 Å². The molecule has 1 aromatic rings. The first-order chi connectivity index (χ1) is 6.50. The lowest BCUT2D eigenvalue weighted by Crippen LogP contribution is -2.26. The van der Waals surface area contributed by atoms with E-state index >= 15 is 0 Å². The van der Waals surface area contributed by atoms with Crippen molar-refractivity contribution in [1.29, 1.82) is 0 Å². The summed E-state index contributed by atoms with van der Waals surface area (Å²) in [6, 6.07) is 5.24. The Kier molecular flexibility index (Phi) is 4.08.